The fourth-order valence-electron chi connectivity index (χ4n) is 1.90. The Morgan fingerprint density at radius 2 is 1.82 bits per heavy atom. The first kappa shape index (κ1) is 16.4. The van der Waals surface area contributed by atoms with E-state index in [9.17, 15) is 9.90 Å². The molecule has 0 amide bonds. The molecule has 0 radical (unpaired) electrons. The quantitative estimate of drug-likeness (QED) is 0.717. The zero-order valence-electron chi connectivity index (χ0n) is 12.2. The Labute approximate surface area is 105 Å². The van der Waals surface area contributed by atoms with Gasteiger partial charge in [-0.05, 0) is 47.2 Å². The van der Waals surface area contributed by atoms with Crippen LogP contribution >= 0.6 is 0 Å². The first-order valence-electron chi connectivity index (χ1n) is 6.30. The Hall–Kier alpha value is -0.610. The minimum Gasteiger partial charge on any atom is -0.480 e. The van der Waals surface area contributed by atoms with Crippen LogP contribution in [-0.2, 0) is 4.79 Å². The maximum Gasteiger partial charge on any atom is 0.323 e. The van der Waals surface area contributed by atoms with E-state index in [4.69, 9.17) is 0 Å². The molecular formula is C13H28N2O2. The van der Waals surface area contributed by atoms with Crippen LogP contribution in [0.25, 0.3) is 0 Å². The third kappa shape index (κ3) is 4.28. The average molecular weight is 244 g/mol. The summed E-state index contributed by atoms with van der Waals surface area (Å²) in [5.74, 6) is -0.231. The molecule has 3 atom stereocenters. The number of nitrogens with zero attached hydrogens (tertiary/aromatic N) is 1. The molecule has 0 aromatic rings. The van der Waals surface area contributed by atoms with Crippen LogP contribution in [0.1, 0.15) is 41.0 Å². The van der Waals surface area contributed by atoms with Gasteiger partial charge in [0, 0.05) is 12.1 Å². The van der Waals surface area contributed by atoms with Crippen molar-refractivity contribution in [3.63, 3.8) is 0 Å². The highest BCUT2D eigenvalue weighted by molar-refractivity contribution is 5.78. The van der Waals surface area contributed by atoms with Gasteiger partial charge >= 0.3 is 5.97 Å². The molecule has 0 heterocycles. The fraction of sp³-hybridized carbons (Fsp3) is 0.923. The largest absolute Gasteiger partial charge is 0.480 e. The van der Waals surface area contributed by atoms with E-state index in [0.29, 0.717) is 18.4 Å². The Bertz CT molecular complexity index is 256. The van der Waals surface area contributed by atoms with Crippen molar-refractivity contribution in [2.24, 2.45) is 5.92 Å². The van der Waals surface area contributed by atoms with Crippen molar-refractivity contribution >= 4 is 5.97 Å². The summed E-state index contributed by atoms with van der Waals surface area (Å²) in [5.41, 5.74) is -0.857. The smallest absolute Gasteiger partial charge is 0.323 e. The van der Waals surface area contributed by atoms with Crippen LogP contribution in [0.3, 0.4) is 0 Å². The van der Waals surface area contributed by atoms with Crippen LogP contribution in [0, 0.1) is 5.92 Å². The van der Waals surface area contributed by atoms with E-state index in [-0.39, 0.29) is 6.04 Å². The molecule has 0 saturated heterocycles. The Morgan fingerprint density at radius 3 is 2.12 bits per heavy atom. The number of carboxylic acid groups (broad SMARTS) is 1. The summed E-state index contributed by atoms with van der Waals surface area (Å²) < 4.78 is 0. The van der Waals surface area contributed by atoms with Crippen LogP contribution in [0.15, 0.2) is 0 Å². The number of rotatable bonds is 7. The van der Waals surface area contributed by atoms with Gasteiger partial charge in [0.15, 0.2) is 0 Å². The van der Waals surface area contributed by atoms with E-state index in [1.807, 2.05) is 0 Å². The molecule has 0 aromatic heterocycles. The maximum atomic E-state index is 11.2. The lowest BCUT2D eigenvalue weighted by atomic mass is 9.92. The maximum absolute atomic E-state index is 11.2. The van der Waals surface area contributed by atoms with Gasteiger partial charge in [-0.15, -0.1) is 0 Å². The van der Waals surface area contributed by atoms with E-state index >= 15 is 0 Å². The Balaban J connectivity index is 4.62. The van der Waals surface area contributed by atoms with Crippen molar-refractivity contribution < 1.29 is 9.90 Å². The second-order valence-corrected chi connectivity index (χ2v) is 5.59. The van der Waals surface area contributed by atoms with Gasteiger partial charge in [0.05, 0.1) is 0 Å². The molecule has 4 heteroatoms. The highest BCUT2D eigenvalue weighted by Gasteiger charge is 2.34. The summed E-state index contributed by atoms with van der Waals surface area (Å²) in [6, 6.07) is 0.667. The van der Waals surface area contributed by atoms with Crippen molar-refractivity contribution in [3.8, 4) is 0 Å². The number of hydrogen-bond acceptors (Lipinski definition) is 3. The molecule has 4 nitrogen and oxygen atoms in total. The van der Waals surface area contributed by atoms with Crippen molar-refractivity contribution in [2.75, 3.05) is 14.1 Å². The van der Waals surface area contributed by atoms with Crippen LogP contribution in [0.2, 0.25) is 0 Å². The molecule has 17 heavy (non-hydrogen) atoms. The van der Waals surface area contributed by atoms with E-state index in [0.717, 1.165) is 0 Å². The number of likely N-dealkylation sites (N-methyl/N-ethyl adjacent to an activating group) is 1. The van der Waals surface area contributed by atoms with Crippen LogP contribution < -0.4 is 5.32 Å². The van der Waals surface area contributed by atoms with Gasteiger partial charge in [-0.1, -0.05) is 13.8 Å². The summed E-state index contributed by atoms with van der Waals surface area (Å²) in [7, 11) is 3.76. The Morgan fingerprint density at radius 1 is 1.35 bits per heavy atom. The standard InChI is InChI=1S/C13H28N2O2/c1-9(2)11(4)15(7)10(3)8-13(5,14-6)12(16)17/h9-11,14H,8H2,1-7H3,(H,16,17). The third-order valence-electron chi connectivity index (χ3n) is 4.03. The van der Waals surface area contributed by atoms with Gasteiger partial charge in [0.2, 0.25) is 0 Å². The van der Waals surface area contributed by atoms with Crippen molar-refractivity contribution in [1.82, 2.24) is 10.2 Å². The summed E-state index contributed by atoms with van der Waals surface area (Å²) in [6.45, 7) is 10.4. The summed E-state index contributed by atoms with van der Waals surface area (Å²) in [6.07, 6.45) is 0.590. The molecule has 0 aliphatic rings. The monoisotopic (exact) mass is 244 g/mol. The molecule has 102 valence electrons. The molecule has 0 fully saturated rings. The zero-order chi connectivity index (χ0) is 13.8. The number of aliphatic carboxylic acids is 1. The minimum absolute atomic E-state index is 0.223. The predicted molar refractivity (Wildman–Crippen MR) is 71.2 cm³/mol. The molecule has 0 bridgehead atoms. The molecule has 0 aromatic carbocycles. The second kappa shape index (κ2) is 6.36. The van der Waals surface area contributed by atoms with Crippen LogP contribution in [0.5, 0.6) is 0 Å². The van der Waals surface area contributed by atoms with Crippen molar-refractivity contribution in [2.45, 2.75) is 58.7 Å². The molecule has 0 aliphatic heterocycles. The predicted octanol–water partition coefficient (Wildman–Crippen LogP) is 1.80. The zero-order valence-corrected chi connectivity index (χ0v) is 12.2. The molecule has 0 spiro atoms. The molecule has 3 unspecified atom stereocenters. The van der Waals surface area contributed by atoms with Gasteiger partial charge in [0.1, 0.15) is 5.54 Å². The number of nitrogens with one attached hydrogen (secondary N) is 1. The molecule has 2 N–H and O–H groups in total. The van der Waals surface area contributed by atoms with E-state index in [1.165, 1.54) is 0 Å². The number of carbonyl (C=O) groups is 1. The summed E-state index contributed by atoms with van der Waals surface area (Å²) in [5, 5.41) is 12.1. The van der Waals surface area contributed by atoms with E-state index in [2.05, 4.69) is 45.0 Å². The van der Waals surface area contributed by atoms with Gasteiger partial charge in [-0.2, -0.15) is 0 Å². The van der Waals surface area contributed by atoms with Gasteiger partial charge < -0.3 is 15.3 Å². The average Bonchev–Trinajstić information content (AvgIpc) is 2.26. The van der Waals surface area contributed by atoms with Crippen LogP contribution in [-0.4, -0.2) is 47.7 Å². The van der Waals surface area contributed by atoms with Gasteiger partial charge in [-0.3, -0.25) is 4.79 Å². The molecule has 0 saturated carbocycles. The first-order chi connectivity index (χ1) is 7.65. The minimum atomic E-state index is -0.857. The lowest BCUT2D eigenvalue weighted by Crippen LogP contribution is -2.53. The normalized spacial score (nSPS) is 19.1. The molecular weight excluding hydrogens is 216 g/mol. The number of hydrogen-bond donors (Lipinski definition) is 2. The second-order valence-electron chi connectivity index (χ2n) is 5.59. The SMILES string of the molecule is CNC(C)(CC(C)N(C)C(C)C(C)C)C(=O)O. The summed E-state index contributed by atoms with van der Waals surface area (Å²) in [4.78, 5) is 13.5. The topological polar surface area (TPSA) is 52.6 Å². The lowest BCUT2D eigenvalue weighted by molar-refractivity contribution is -0.144. The van der Waals surface area contributed by atoms with Crippen LogP contribution in [0.4, 0.5) is 0 Å². The first-order valence-corrected chi connectivity index (χ1v) is 6.30. The molecule has 0 rings (SSSR count). The van der Waals surface area contributed by atoms with E-state index in [1.54, 1.807) is 14.0 Å². The third-order valence-corrected chi connectivity index (χ3v) is 4.03. The van der Waals surface area contributed by atoms with Gasteiger partial charge in [0.25, 0.3) is 0 Å². The highest BCUT2D eigenvalue weighted by atomic mass is 16.4. The Kier molecular flexibility index (Phi) is 6.13. The number of carboxylic acids is 1. The lowest BCUT2D eigenvalue weighted by Gasteiger charge is -2.37. The van der Waals surface area contributed by atoms with E-state index < -0.39 is 11.5 Å². The summed E-state index contributed by atoms with van der Waals surface area (Å²) >= 11 is 0. The van der Waals surface area contributed by atoms with Gasteiger partial charge in [-0.25, -0.2) is 0 Å². The van der Waals surface area contributed by atoms with Crippen molar-refractivity contribution in [3.05, 3.63) is 0 Å². The highest BCUT2D eigenvalue weighted by Crippen LogP contribution is 2.19. The van der Waals surface area contributed by atoms with Crippen molar-refractivity contribution in [1.29, 1.82) is 0 Å². The fourth-order valence-corrected chi connectivity index (χ4v) is 1.90. The molecule has 0 aliphatic carbocycles.